The topological polar surface area (TPSA) is 84.8 Å². The summed E-state index contributed by atoms with van der Waals surface area (Å²) in [5, 5.41) is 12.4. The highest BCUT2D eigenvalue weighted by Crippen LogP contribution is 2.23. The van der Waals surface area contributed by atoms with Crippen molar-refractivity contribution in [2.24, 2.45) is 0 Å². The van der Waals surface area contributed by atoms with Crippen molar-refractivity contribution in [3.63, 3.8) is 0 Å². The first-order chi connectivity index (χ1) is 14.7. The molecule has 2 saturated heterocycles. The molecule has 1 amide bonds. The molecule has 2 aromatic rings. The number of nitrogens with zero attached hydrogens (tertiary/aromatic N) is 5. The zero-order valence-corrected chi connectivity index (χ0v) is 18.1. The van der Waals surface area contributed by atoms with Crippen molar-refractivity contribution < 1.29 is 14.3 Å². The SMILES string of the molecule is CCn1c(SCC(=O)Nc2ccc(N3CCOCC3)cc2)nnc1N1CCOCC1. The molecule has 0 aliphatic carbocycles. The lowest BCUT2D eigenvalue weighted by molar-refractivity contribution is -0.113. The summed E-state index contributed by atoms with van der Waals surface area (Å²) < 4.78 is 12.9. The van der Waals surface area contributed by atoms with Gasteiger partial charge in [0.25, 0.3) is 0 Å². The first-order valence-electron chi connectivity index (χ1n) is 10.4. The average Bonchev–Trinajstić information content (AvgIpc) is 3.22. The number of carbonyl (C=O) groups excluding carboxylic acids is 1. The fraction of sp³-hybridized carbons (Fsp3) is 0.550. The molecule has 1 aromatic heterocycles. The summed E-state index contributed by atoms with van der Waals surface area (Å²) in [6.07, 6.45) is 0. The number of nitrogens with one attached hydrogen (secondary N) is 1. The van der Waals surface area contributed by atoms with Gasteiger partial charge in [0, 0.05) is 44.1 Å². The molecule has 9 nitrogen and oxygen atoms in total. The first-order valence-corrected chi connectivity index (χ1v) is 11.3. The number of benzene rings is 1. The molecule has 2 aliphatic heterocycles. The van der Waals surface area contributed by atoms with Crippen LogP contribution in [0.15, 0.2) is 29.4 Å². The van der Waals surface area contributed by atoms with Crippen LogP contribution in [0.4, 0.5) is 17.3 Å². The van der Waals surface area contributed by atoms with Crippen LogP contribution in [-0.2, 0) is 20.8 Å². The largest absolute Gasteiger partial charge is 0.378 e. The van der Waals surface area contributed by atoms with Crippen LogP contribution in [-0.4, -0.2) is 79.0 Å². The summed E-state index contributed by atoms with van der Waals surface area (Å²) in [5.41, 5.74) is 1.95. The Morgan fingerprint density at radius 1 is 1.00 bits per heavy atom. The number of amides is 1. The third-order valence-electron chi connectivity index (χ3n) is 5.17. The molecule has 3 heterocycles. The van der Waals surface area contributed by atoms with E-state index in [1.54, 1.807) is 0 Å². The summed E-state index contributed by atoms with van der Waals surface area (Å²) in [7, 11) is 0. The predicted octanol–water partition coefficient (Wildman–Crippen LogP) is 1.70. The second-order valence-corrected chi connectivity index (χ2v) is 8.05. The molecule has 0 bridgehead atoms. The Kier molecular flexibility index (Phi) is 7.08. The van der Waals surface area contributed by atoms with Crippen molar-refractivity contribution in [3.8, 4) is 0 Å². The van der Waals surface area contributed by atoms with Gasteiger partial charge in [-0.3, -0.25) is 9.36 Å². The summed E-state index contributed by atoms with van der Waals surface area (Å²) in [4.78, 5) is 16.9. The molecule has 1 aromatic carbocycles. The Hall–Kier alpha value is -2.30. The lowest BCUT2D eigenvalue weighted by Crippen LogP contribution is -2.38. The number of aromatic nitrogens is 3. The highest BCUT2D eigenvalue weighted by atomic mass is 32.2. The van der Waals surface area contributed by atoms with Gasteiger partial charge in [-0.1, -0.05) is 11.8 Å². The zero-order valence-electron chi connectivity index (χ0n) is 17.2. The molecule has 0 saturated carbocycles. The molecule has 0 atom stereocenters. The first kappa shape index (κ1) is 21.0. The summed E-state index contributed by atoms with van der Waals surface area (Å²) in [6, 6.07) is 7.96. The fourth-order valence-electron chi connectivity index (χ4n) is 3.57. The van der Waals surface area contributed by atoms with Crippen molar-refractivity contribution in [1.82, 2.24) is 14.8 Å². The minimum atomic E-state index is -0.0577. The van der Waals surface area contributed by atoms with Crippen LogP contribution in [0, 0.1) is 0 Å². The van der Waals surface area contributed by atoms with Crippen LogP contribution in [0.25, 0.3) is 0 Å². The van der Waals surface area contributed by atoms with Crippen molar-refractivity contribution >= 4 is 35.0 Å². The van der Waals surface area contributed by atoms with Gasteiger partial charge in [0.15, 0.2) is 5.16 Å². The van der Waals surface area contributed by atoms with Crippen molar-refractivity contribution in [2.75, 3.05) is 73.5 Å². The van der Waals surface area contributed by atoms with Crippen LogP contribution in [0.3, 0.4) is 0 Å². The molecule has 4 rings (SSSR count). The van der Waals surface area contributed by atoms with E-state index in [2.05, 4.69) is 36.8 Å². The van der Waals surface area contributed by atoms with Crippen LogP contribution < -0.4 is 15.1 Å². The number of morpholine rings is 2. The Bertz CT molecular complexity index is 832. The summed E-state index contributed by atoms with van der Waals surface area (Å²) in [5.74, 6) is 1.08. The third-order valence-corrected chi connectivity index (χ3v) is 6.13. The summed E-state index contributed by atoms with van der Waals surface area (Å²) >= 11 is 1.41. The van der Waals surface area contributed by atoms with Gasteiger partial charge in [-0.05, 0) is 31.2 Å². The minimum Gasteiger partial charge on any atom is -0.378 e. The maximum atomic E-state index is 12.4. The van der Waals surface area contributed by atoms with Gasteiger partial charge in [-0.25, -0.2) is 0 Å². The summed E-state index contributed by atoms with van der Waals surface area (Å²) in [6.45, 7) is 9.14. The number of carbonyl (C=O) groups is 1. The normalized spacial score (nSPS) is 17.2. The number of thioether (sulfide) groups is 1. The highest BCUT2D eigenvalue weighted by Gasteiger charge is 2.20. The van der Waals surface area contributed by atoms with E-state index in [1.165, 1.54) is 11.8 Å². The lowest BCUT2D eigenvalue weighted by Gasteiger charge is -2.28. The zero-order chi connectivity index (χ0) is 20.8. The van der Waals surface area contributed by atoms with E-state index in [4.69, 9.17) is 9.47 Å². The molecule has 0 unspecified atom stereocenters. The Morgan fingerprint density at radius 3 is 2.27 bits per heavy atom. The van der Waals surface area contributed by atoms with E-state index in [0.717, 1.165) is 68.4 Å². The molecule has 1 N–H and O–H groups in total. The predicted molar refractivity (Wildman–Crippen MR) is 118 cm³/mol. The molecule has 30 heavy (non-hydrogen) atoms. The molecular formula is C20H28N6O3S. The van der Waals surface area contributed by atoms with Crippen molar-refractivity contribution in [1.29, 1.82) is 0 Å². The number of anilines is 3. The number of hydrogen-bond acceptors (Lipinski definition) is 8. The quantitative estimate of drug-likeness (QED) is 0.662. The van der Waals surface area contributed by atoms with Crippen LogP contribution in [0.1, 0.15) is 6.92 Å². The van der Waals surface area contributed by atoms with Crippen LogP contribution >= 0.6 is 11.8 Å². The molecule has 0 spiro atoms. The molecule has 2 aliphatic rings. The van der Waals surface area contributed by atoms with Gasteiger partial charge in [0.1, 0.15) is 0 Å². The van der Waals surface area contributed by atoms with Gasteiger partial charge in [-0.2, -0.15) is 0 Å². The molecular weight excluding hydrogens is 404 g/mol. The second-order valence-electron chi connectivity index (χ2n) is 7.11. The number of rotatable bonds is 7. The number of hydrogen-bond donors (Lipinski definition) is 1. The monoisotopic (exact) mass is 432 g/mol. The van der Waals surface area contributed by atoms with Gasteiger partial charge >= 0.3 is 0 Å². The van der Waals surface area contributed by atoms with Gasteiger partial charge in [-0.15, -0.1) is 10.2 Å². The van der Waals surface area contributed by atoms with Crippen molar-refractivity contribution in [2.45, 2.75) is 18.6 Å². The lowest BCUT2D eigenvalue weighted by atomic mass is 10.2. The maximum absolute atomic E-state index is 12.4. The molecule has 162 valence electrons. The third kappa shape index (κ3) is 5.05. The van der Waals surface area contributed by atoms with E-state index < -0.39 is 0 Å². The van der Waals surface area contributed by atoms with Crippen molar-refractivity contribution in [3.05, 3.63) is 24.3 Å². The second kappa shape index (κ2) is 10.1. The van der Waals surface area contributed by atoms with Gasteiger partial charge < -0.3 is 24.6 Å². The molecule has 10 heteroatoms. The van der Waals surface area contributed by atoms with E-state index >= 15 is 0 Å². The minimum absolute atomic E-state index is 0.0577. The Morgan fingerprint density at radius 2 is 1.63 bits per heavy atom. The van der Waals surface area contributed by atoms with Gasteiger partial charge in [0.2, 0.25) is 11.9 Å². The molecule has 2 fully saturated rings. The van der Waals surface area contributed by atoms with E-state index in [-0.39, 0.29) is 11.7 Å². The van der Waals surface area contributed by atoms with E-state index in [1.807, 2.05) is 24.3 Å². The Labute approximate surface area is 180 Å². The van der Waals surface area contributed by atoms with Crippen LogP contribution in [0.5, 0.6) is 0 Å². The fourth-order valence-corrected chi connectivity index (χ4v) is 4.36. The smallest absolute Gasteiger partial charge is 0.234 e. The maximum Gasteiger partial charge on any atom is 0.234 e. The standard InChI is InChI=1S/C20H28N6O3S/c1-2-26-19(25-9-13-29-14-10-25)22-23-20(26)30-15-18(27)21-16-3-5-17(6-4-16)24-7-11-28-12-8-24/h3-6H,2,7-15H2,1H3,(H,21,27). The highest BCUT2D eigenvalue weighted by molar-refractivity contribution is 7.99. The Balaban J connectivity index is 1.31. The van der Waals surface area contributed by atoms with E-state index in [9.17, 15) is 4.79 Å². The number of ether oxygens (including phenoxy) is 2. The van der Waals surface area contributed by atoms with Crippen LogP contribution in [0.2, 0.25) is 0 Å². The molecule has 0 radical (unpaired) electrons. The van der Waals surface area contributed by atoms with E-state index in [0.29, 0.717) is 13.2 Å². The average molecular weight is 433 g/mol. The van der Waals surface area contributed by atoms with Gasteiger partial charge in [0.05, 0.1) is 32.2 Å².